The summed E-state index contributed by atoms with van der Waals surface area (Å²) in [4.78, 5) is 4.52. The molecule has 0 fully saturated rings. The average molecular weight is 360 g/mol. The van der Waals surface area contributed by atoms with Gasteiger partial charge in [-0.25, -0.2) is 4.98 Å². The van der Waals surface area contributed by atoms with Crippen LogP contribution in [0.15, 0.2) is 40.0 Å². The molecule has 0 aliphatic carbocycles. The highest BCUT2D eigenvalue weighted by Crippen LogP contribution is 2.32. The van der Waals surface area contributed by atoms with E-state index in [1.165, 1.54) is 22.3 Å². The molecule has 3 rings (SSSR count). The average Bonchev–Trinajstić information content (AvgIpc) is 2.87. The summed E-state index contributed by atoms with van der Waals surface area (Å²) in [7, 11) is 0. The van der Waals surface area contributed by atoms with E-state index in [1.807, 2.05) is 18.2 Å². The Labute approximate surface area is 152 Å². The molecule has 0 unspecified atom stereocenters. The fourth-order valence-electron chi connectivity index (χ4n) is 2.73. The Hall–Kier alpha value is -1.45. The molecule has 2 nitrogen and oxygen atoms in total. The maximum absolute atomic E-state index is 6.01. The molecule has 3 aromatic rings. The van der Waals surface area contributed by atoms with Gasteiger partial charge in [-0.2, -0.15) is 0 Å². The summed E-state index contributed by atoms with van der Waals surface area (Å²) in [6, 6.07) is 10.1. The van der Waals surface area contributed by atoms with Crippen LogP contribution in [0.2, 0.25) is 5.02 Å². The van der Waals surface area contributed by atoms with E-state index in [0.717, 1.165) is 16.9 Å². The van der Waals surface area contributed by atoms with Crippen molar-refractivity contribution in [3.8, 4) is 0 Å². The minimum Gasteiger partial charge on any atom is -0.431 e. The summed E-state index contributed by atoms with van der Waals surface area (Å²) < 4.78 is 5.80. The Bertz CT molecular complexity index is 869. The number of aromatic nitrogens is 1. The highest BCUT2D eigenvalue weighted by Gasteiger charge is 2.17. The van der Waals surface area contributed by atoms with E-state index in [1.54, 1.807) is 11.8 Å². The predicted molar refractivity (Wildman–Crippen MR) is 103 cm³/mol. The fraction of sp³-hybridized carbons (Fsp3) is 0.350. The molecular weight excluding hydrogens is 338 g/mol. The molecule has 0 bridgehead atoms. The lowest BCUT2D eigenvalue weighted by Gasteiger charge is -2.22. The summed E-state index contributed by atoms with van der Waals surface area (Å²) in [5.74, 6) is 0.850. The van der Waals surface area contributed by atoms with Gasteiger partial charge in [0.05, 0.1) is 0 Å². The van der Waals surface area contributed by atoms with Crippen LogP contribution in [0.3, 0.4) is 0 Å². The Morgan fingerprint density at radius 3 is 2.38 bits per heavy atom. The monoisotopic (exact) mass is 359 g/mol. The molecule has 126 valence electrons. The van der Waals surface area contributed by atoms with E-state index in [4.69, 9.17) is 16.0 Å². The third-order valence-corrected chi connectivity index (χ3v) is 5.32. The van der Waals surface area contributed by atoms with Gasteiger partial charge in [-0.15, -0.1) is 0 Å². The molecule has 0 atom stereocenters. The summed E-state index contributed by atoms with van der Waals surface area (Å²) in [6.45, 7) is 11.1. The van der Waals surface area contributed by atoms with Crippen molar-refractivity contribution in [1.29, 1.82) is 0 Å². The standard InChI is InChI=1S/C20H22ClNOS/c1-12-8-14(20(3,4)5)9-13(2)16(12)11-24-19-22-17-10-15(21)6-7-18(17)23-19/h6-10H,11H2,1-5H3. The highest BCUT2D eigenvalue weighted by atomic mass is 35.5. The second kappa shape index (κ2) is 6.45. The van der Waals surface area contributed by atoms with Crippen molar-refractivity contribution in [1.82, 2.24) is 4.98 Å². The molecule has 4 heteroatoms. The number of benzene rings is 2. The van der Waals surface area contributed by atoms with E-state index < -0.39 is 0 Å². The van der Waals surface area contributed by atoms with Crippen molar-refractivity contribution in [2.45, 2.75) is 51.0 Å². The minimum atomic E-state index is 0.167. The molecule has 1 heterocycles. The zero-order valence-electron chi connectivity index (χ0n) is 14.7. The lowest BCUT2D eigenvalue weighted by molar-refractivity contribution is 0.489. The Morgan fingerprint density at radius 1 is 1.08 bits per heavy atom. The number of halogens is 1. The predicted octanol–water partition coefficient (Wildman–Crippen LogP) is 6.69. The van der Waals surface area contributed by atoms with Gasteiger partial charge in [0.1, 0.15) is 5.52 Å². The zero-order chi connectivity index (χ0) is 17.5. The van der Waals surface area contributed by atoms with Gasteiger partial charge in [0.25, 0.3) is 5.22 Å². The topological polar surface area (TPSA) is 26.0 Å². The van der Waals surface area contributed by atoms with Crippen molar-refractivity contribution in [2.24, 2.45) is 0 Å². The first kappa shape index (κ1) is 17.4. The lowest BCUT2D eigenvalue weighted by atomic mass is 9.84. The number of thioether (sulfide) groups is 1. The molecule has 2 aromatic carbocycles. The number of hydrogen-bond acceptors (Lipinski definition) is 3. The Balaban J connectivity index is 1.83. The molecule has 0 aliphatic heterocycles. The third-order valence-electron chi connectivity index (χ3n) is 4.23. The van der Waals surface area contributed by atoms with Crippen molar-refractivity contribution in [2.75, 3.05) is 0 Å². The van der Waals surface area contributed by atoms with Crippen LogP contribution in [0, 0.1) is 13.8 Å². The first-order chi connectivity index (χ1) is 11.2. The Kier molecular flexibility index (Phi) is 4.67. The molecule has 24 heavy (non-hydrogen) atoms. The molecule has 0 aliphatic rings. The van der Waals surface area contributed by atoms with E-state index >= 15 is 0 Å². The van der Waals surface area contributed by atoms with Gasteiger partial charge in [-0.1, -0.05) is 56.3 Å². The first-order valence-corrected chi connectivity index (χ1v) is 9.40. The number of fused-ring (bicyclic) bond motifs is 1. The van der Waals surface area contributed by atoms with Gasteiger partial charge in [0.15, 0.2) is 5.58 Å². The van der Waals surface area contributed by atoms with Gasteiger partial charge in [-0.3, -0.25) is 0 Å². The van der Waals surface area contributed by atoms with Crippen molar-refractivity contribution in [3.05, 3.63) is 57.6 Å². The molecular formula is C20H22ClNOS. The van der Waals surface area contributed by atoms with Crippen LogP contribution in [-0.4, -0.2) is 4.98 Å². The van der Waals surface area contributed by atoms with Gasteiger partial charge in [0.2, 0.25) is 0 Å². The summed E-state index contributed by atoms with van der Waals surface area (Å²) in [5.41, 5.74) is 7.13. The van der Waals surface area contributed by atoms with E-state index in [2.05, 4.69) is 51.7 Å². The normalized spacial score (nSPS) is 12.1. The first-order valence-electron chi connectivity index (χ1n) is 8.03. The number of nitrogens with zero attached hydrogens (tertiary/aromatic N) is 1. The summed E-state index contributed by atoms with van der Waals surface area (Å²) in [6.07, 6.45) is 0. The lowest BCUT2D eigenvalue weighted by Crippen LogP contribution is -2.12. The van der Waals surface area contributed by atoms with Crippen LogP contribution < -0.4 is 0 Å². The van der Waals surface area contributed by atoms with Crippen molar-refractivity contribution >= 4 is 34.5 Å². The highest BCUT2D eigenvalue weighted by molar-refractivity contribution is 7.98. The Morgan fingerprint density at radius 2 is 1.75 bits per heavy atom. The van der Waals surface area contributed by atoms with Crippen LogP contribution in [0.1, 0.15) is 43.0 Å². The molecule has 0 spiro atoms. The van der Waals surface area contributed by atoms with Gasteiger partial charge in [-0.05, 0) is 59.7 Å². The van der Waals surface area contributed by atoms with E-state index in [-0.39, 0.29) is 5.41 Å². The molecule has 0 radical (unpaired) electrons. The van der Waals surface area contributed by atoms with Crippen molar-refractivity contribution < 1.29 is 4.42 Å². The molecule has 1 aromatic heterocycles. The number of rotatable bonds is 3. The largest absolute Gasteiger partial charge is 0.431 e. The van der Waals surface area contributed by atoms with Crippen LogP contribution >= 0.6 is 23.4 Å². The van der Waals surface area contributed by atoms with Gasteiger partial charge < -0.3 is 4.42 Å². The number of aryl methyl sites for hydroxylation is 2. The van der Waals surface area contributed by atoms with Gasteiger partial charge >= 0.3 is 0 Å². The van der Waals surface area contributed by atoms with Crippen LogP contribution in [0.4, 0.5) is 0 Å². The summed E-state index contributed by atoms with van der Waals surface area (Å²) >= 11 is 7.63. The number of oxazole rings is 1. The summed E-state index contributed by atoms with van der Waals surface area (Å²) in [5, 5.41) is 1.36. The second-order valence-corrected chi connectivity index (χ2v) is 8.58. The maximum atomic E-state index is 6.01. The maximum Gasteiger partial charge on any atom is 0.257 e. The van der Waals surface area contributed by atoms with E-state index in [0.29, 0.717) is 10.2 Å². The fourth-order valence-corrected chi connectivity index (χ4v) is 3.93. The minimum absolute atomic E-state index is 0.167. The molecule has 0 N–H and O–H groups in total. The SMILES string of the molecule is Cc1cc(C(C)(C)C)cc(C)c1CSc1nc2cc(Cl)ccc2o1. The second-order valence-electron chi connectivity index (χ2n) is 7.22. The van der Waals surface area contributed by atoms with E-state index in [9.17, 15) is 0 Å². The number of hydrogen-bond donors (Lipinski definition) is 0. The smallest absolute Gasteiger partial charge is 0.257 e. The van der Waals surface area contributed by atoms with Crippen molar-refractivity contribution in [3.63, 3.8) is 0 Å². The molecule has 0 amide bonds. The quantitative estimate of drug-likeness (QED) is 0.487. The molecule has 0 saturated heterocycles. The van der Waals surface area contributed by atoms with Gasteiger partial charge in [0, 0.05) is 10.8 Å². The molecule has 0 saturated carbocycles. The zero-order valence-corrected chi connectivity index (χ0v) is 16.3. The van der Waals surface area contributed by atoms with Crippen LogP contribution in [0.5, 0.6) is 0 Å². The van der Waals surface area contributed by atoms with Crippen LogP contribution in [-0.2, 0) is 11.2 Å². The third kappa shape index (κ3) is 3.62. The van der Waals surface area contributed by atoms with Crippen LogP contribution in [0.25, 0.3) is 11.1 Å².